The van der Waals surface area contributed by atoms with Crippen molar-refractivity contribution in [2.45, 2.75) is 20.1 Å². The lowest BCUT2D eigenvalue weighted by molar-refractivity contribution is 0.291. The standard InChI is InChI=1S/C17H15ClFNO/c1-2-20-10-12(14-9-13(18)7-8-16(14)20)11-21-17-6-4-3-5-15(17)19/h3-10H,2,11H2,1H3. The molecule has 21 heavy (non-hydrogen) atoms. The number of aryl methyl sites for hydroxylation is 1. The Morgan fingerprint density at radius 3 is 2.76 bits per heavy atom. The zero-order chi connectivity index (χ0) is 14.8. The van der Waals surface area contributed by atoms with Gasteiger partial charge < -0.3 is 9.30 Å². The van der Waals surface area contributed by atoms with Crippen molar-refractivity contribution in [1.82, 2.24) is 4.57 Å². The Hall–Kier alpha value is -2.00. The van der Waals surface area contributed by atoms with Crippen molar-refractivity contribution in [3.05, 3.63) is 65.1 Å². The second-order valence-electron chi connectivity index (χ2n) is 4.82. The predicted octanol–water partition coefficient (Wildman–Crippen LogP) is 5.03. The Morgan fingerprint density at radius 2 is 2.00 bits per heavy atom. The molecule has 1 heterocycles. The van der Waals surface area contributed by atoms with E-state index in [1.54, 1.807) is 18.2 Å². The second kappa shape index (κ2) is 5.78. The summed E-state index contributed by atoms with van der Waals surface area (Å²) in [5.41, 5.74) is 2.10. The monoisotopic (exact) mass is 303 g/mol. The maximum Gasteiger partial charge on any atom is 0.165 e. The first-order valence-corrected chi connectivity index (χ1v) is 7.21. The van der Waals surface area contributed by atoms with Crippen molar-refractivity contribution < 1.29 is 9.13 Å². The molecule has 2 aromatic carbocycles. The van der Waals surface area contributed by atoms with E-state index in [1.165, 1.54) is 6.07 Å². The van der Waals surface area contributed by atoms with Crippen molar-refractivity contribution in [3.63, 3.8) is 0 Å². The van der Waals surface area contributed by atoms with Gasteiger partial charge >= 0.3 is 0 Å². The molecule has 0 unspecified atom stereocenters. The van der Waals surface area contributed by atoms with Gasteiger partial charge in [-0.1, -0.05) is 23.7 Å². The Bertz CT molecular complexity index is 782. The molecule has 0 spiro atoms. The van der Waals surface area contributed by atoms with E-state index in [2.05, 4.69) is 11.5 Å². The molecule has 0 amide bonds. The Balaban J connectivity index is 1.93. The van der Waals surface area contributed by atoms with Crippen molar-refractivity contribution in [2.24, 2.45) is 0 Å². The molecule has 0 saturated heterocycles. The van der Waals surface area contributed by atoms with E-state index in [1.807, 2.05) is 24.4 Å². The van der Waals surface area contributed by atoms with E-state index in [9.17, 15) is 4.39 Å². The summed E-state index contributed by atoms with van der Waals surface area (Å²) in [6, 6.07) is 12.2. The van der Waals surface area contributed by atoms with Gasteiger partial charge in [0.2, 0.25) is 0 Å². The van der Waals surface area contributed by atoms with E-state index < -0.39 is 0 Å². The number of hydrogen-bond acceptors (Lipinski definition) is 1. The molecular weight excluding hydrogens is 289 g/mol. The number of benzene rings is 2. The van der Waals surface area contributed by atoms with Crippen molar-refractivity contribution in [1.29, 1.82) is 0 Å². The summed E-state index contributed by atoms with van der Waals surface area (Å²) in [6.45, 7) is 3.25. The average molecular weight is 304 g/mol. The van der Waals surface area contributed by atoms with Crippen LogP contribution in [0.2, 0.25) is 5.02 Å². The van der Waals surface area contributed by atoms with E-state index in [4.69, 9.17) is 16.3 Å². The van der Waals surface area contributed by atoms with Gasteiger partial charge in [-0.15, -0.1) is 0 Å². The predicted molar refractivity (Wildman–Crippen MR) is 83.4 cm³/mol. The van der Waals surface area contributed by atoms with Gasteiger partial charge in [0.25, 0.3) is 0 Å². The molecule has 2 nitrogen and oxygen atoms in total. The van der Waals surface area contributed by atoms with Crippen LogP contribution in [0.5, 0.6) is 5.75 Å². The van der Waals surface area contributed by atoms with Crippen molar-refractivity contribution in [3.8, 4) is 5.75 Å². The molecule has 0 bridgehead atoms. The van der Waals surface area contributed by atoms with Gasteiger partial charge in [0.05, 0.1) is 0 Å². The minimum atomic E-state index is -0.352. The first-order valence-electron chi connectivity index (χ1n) is 6.83. The van der Waals surface area contributed by atoms with E-state index in [-0.39, 0.29) is 11.6 Å². The number of hydrogen-bond donors (Lipinski definition) is 0. The minimum Gasteiger partial charge on any atom is -0.486 e. The highest BCUT2D eigenvalue weighted by Crippen LogP contribution is 2.26. The molecule has 108 valence electrons. The molecule has 4 heteroatoms. The normalized spacial score (nSPS) is 11.0. The number of aromatic nitrogens is 1. The Morgan fingerprint density at radius 1 is 1.19 bits per heavy atom. The number of halogens is 2. The first-order chi connectivity index (χ1) is 10.2. The van der Waals surface area contributed by atoms with Gasteiger partial charge in [-0.25, -0.2) is 4.39 Å². The Labute approximate surface area is 127 Å². The van der Waals surface area contributed by atoms with Crippen LogP contribution in [0, 0.1) is 5.82 Å². The van der Waals surface area contributed by atoms with Gasteiger partial charge in [-0.2, -0.15) is 0 Å². The van der Waals surface area contributed by atoms with Crippen LogP contribution in [0.1, 0.15) is 12.5 Å². The van der Waals surface area contributed by atoms with Gasteiger partial charge in [-0.05, 0) is 37.3 Å². The van der Waals surface area contributed by atoms with Crippen LogP contribution in [-0.2, 0) is 13.2 Å². The highest BCUT2D eigenvalue weighted by Gasteiger charge is 2.10. The molecule has 0 aliphatic rings. The number of ether oxygens (including phenoxy) is 1. The molecule has 0 saturated carbocycles. The van der Waals surface area contributed by atoms with Gasteiger partial charge in [0.1, 0.15) is 6.61 Å². The first kappa shape index (κ1) is 14.0. The summed E-state index contributed by atoms with van der Waals surface area (Å²) in [7, 11) is 0. The highest BCUT2D eigenvalue weighted by molar-refractivity contribution is 6.31. The Kier molecular flexibility index (Phi) is 3.84. The number of rotatable bonds is 4. The minimum absolute atomic E-state index is 0.261. The highest BCUT2D eigenvalue weighted by atomic mass is 35.5. The topological polar surface area (TPSA) is 14.2 Å². The summed E-state index contributed by atoms with van der Waals surface area (Å²) in [5.74, 6) is -0.0910. The maximum atomic E-state index is 13.6. The lowest BCUT2D eigenvalue weighted by atomic mass is 10.2. The number of para-hydroxylation sites is 1. The van der Waals surface area contributed by atoms with Crippen LogP contribution in [0.25, 0.3) is 10.9 Å². The van der Waals surface area contributed by atoms with Crippen molar-refractivity contribution >= 4 is 22.5 Å². The smallest absolute Gasteiger partial charge is 0.165 e. The fourth-order valence-corrected chi connectivity index (χ4v) is 2.61. The summed E-state index contributed by atoms with van der Waals surface area (Å²) in [6.07, 6.45) is 2.03. The fraction of sp³-hybridized carbons (Fsp3) is 0.176. The van der Waals surface area contributed by atoms with Gasteiger partial charge in [0, 0.05) is 34.2 Å². The lowest BCUT2D eigenvalue weighted by Gasteiger charge is -2.06. The third-order valence-corrected chi connectivity index (χ3v) is 3.72. The SMILES string of the molecule is CCn1cc(COc2ccccc2F)c2cc(Cl)ccc21. The van der Waals surface area contributed by atoms with Crippen LogP contribution in [-0.4, -0.2) is 4.57 Å². The fourth-order valence-electron chi connectivity index (χ4n) is 2.44. The van der Waals surface area contributed by atoms with Gasteiger partial charge in [0.15, 0.2) is 11.6 Å². The van der Waals surface area contributed by atoms with Gasteiger partial charge in [-0.3, -0.25) is 0 Å². The maximum absolute atomic E-state index is 13.6. The molecule has 0 N–H and O–H groups in total. The molecule has 3 aromatic rings. The molecule has 0 aliphatic heterocycles. The molecule has 0 radical (unpaired) electrons. The van der Waals surface area contributed by atoms with Crippen LogP contribution in [0.3, 0.4) is 0 Å². The molecule has 0 aliphatic carbocycles. The summed E-state index contributed by atoms with van der Waals surface area (Å²) >= 11 is 6.08. The zero-order valence-electron chi connectivity index (χ0n) is 11.6. The zero-order valence-corrected chi connectivity index (χ0v) is 12.4. The summed E-state index contributed by atoms with van der Waals surface area (Å²) in [4.78, 5) is 0. The number of nitrogens with zero attached hydrogens (tertiary/aromatic N) is 1. The number of fused-ring (bicyclic) bond motifs is 1. The van der Waals surface area contributed by atoms with E-state index in [0.717, 1.165) is 23.0 Å². The third-order valence-electron chi connectivity index (χ3n) is 3.49. The summed E-state index contributed by atoms with van der Waals surface area (Å²) in [5, 5.41) is 1.73. The van der Waals surface area contributed by atoms with E-state index >= 15 is 0 Å². The van der Waals surface area contributed by atoms with Crippen LogP contribution < -0.4 is 4.74 Å². The third kappa shape index (κ3) is 2.74. The molecular formula is C17H15ClFNO. The summed E-state index contributed by atoms with van der Waals surface area (Å²) < 4.78 is 21.3. The quantitative estimate of drug-likeness (QED) is 0.659. The average Bonchev–Trinajstić information content (AvgIpc) is 2.83. The van der Waals surface area contributed by atoms with Crippen LogP contribution in [0.15, 0.2) is 48.7 Å². The van der Waals surface area contributed by atoms with Crippen LogP contribution in [0.4, 0.5) is 4.39 Å². The van der Waals surface area contributed by atoms with Crippen molar-refractivity contribution in [2.75, 3.05) is 0 Å². The van der Waals surface area contributed by atoms with E-state index in [0.29, 0.717) is 11.6 Å². The molecule has 0 atom stereocenters. The second-order valence-corrected chi connectivity index (χ2v) is 5.26. The van der Waals surface area contributed by atoms with Crippen LogP contribution >= 0.6 is 11.6 Å². The molecule has 0 fully saturated rings. The largest absolute Gasteiger partial charge is 0.486 e. The lowest BCUT2D eigenvalue weighted by Crippen LogP contribution is -1.97. The molecule has 1 aromatic heterocycles. The molecule has 3 rings (SSSR count).